The van der Waals surface area contributed by atoms with Crippen LogP contribution in [0, 0.1) is 0 Å². The van der Waals surface area contributed by atoms with E-state index in [-0.39, 0.29) is 0 Å². The zero-order chi connectivity index (χ0) is 9.80. The first-order valence-corrected chi connectivity index (χ1v) is 5.41. The van der Waals surface area contributed by atoms with Crippen molar-refractivity contribution in [3.05, 3.63) is 35.8 Å². The van der Waals surface area contributed by atoms with Gasteiger partial charge in [-0.2, -0.15) is 0 Å². The summed E-state index contributed by atoms with van der Waals surface area (Å²) in [7, 11) is 0. The molecule has 2 aromatic rings. The molecule has 1 aromatic carbocycles. The molecule has 0 bridgehead atoms. The Hall–Kier alpha value is -1.35. The van der Waals surface area contributed by atoms with E-state index in [1.807, 2.05) is 42.8 Å². The zero-order valence-corrected chi connectivity index (χ0v) is 8.75. The molecular weight excluding hydrogens is 194 g/mol. The van der Waals surface area contributed by atoms with E-state index < -0.39 is 0 Å². The lowest BCUT2D eigenvalue weighted by Crippen LogP contribution is -1.90. The fourth-order valence-electron chi connectivity index (χ4n) is 1.25. The lowest BCUT2D eigenvalue weighted by Gasteiger charge is -2.03. The highest BCUT2D eigenvalue weighted by molar-refractivity contribution is 7.13. The molecular formula is C11H11NOS. The Kier molecular flexibility index (Phi) is 2.79. The molecule has 0 aliphatic rings. The third kappa shape index (κ3) is 1.93. The molecule has 0 aliphatic carbocycles. The first-order valence-electron chi connectivity index (χ1n) is 4.53. The molecule has 0 saturated carbocycles. The van der Waals surface area contributed by atoms with E-state index in [4.69, 9.17) is 4.74 Å². The van der Waals surface area contributed by atoms with E-state index in [1.54, 1.807) is 11.3 Å². The lowest BCUT2D eigenvalue weighted by molar-refractivity contribution is 0.340. The monoisotopic (exact) mass is 205 g/mol. The van der Waals surface area contributed by atoms with Gasteiger partial charge in [0.2, 0.25) is 0 Å². The van der Waals surface area contributed by atoms with Gasteiger partial charge in [0.15, 0.2) is 0 Å². The van der Waals surface area contributed by atoms with E-state index in [2.05, 4.69) is 4.98 Å². The van der Waals surface area contributed by atoms with Gasteiger partial charge in [0.05, 0.1) is 6.61 Å². The molecule has 0 atom stereocenters. The maximum Gasteiger partial charge on any atom is 0.123 e. The maximum atomic E-state index is 5.42. The average Bonchev–Trinajstić information content (AvgIpc) is 2.71. The van der Waals surface area contributed by atoms with Crippen molar-refractivity contribution >= 4 is 11.3 Å². The summed E-state index contributed by atoms with van der Waals surface area (Å²) >= 11 is 1.64. The Balaban J connectivity index is 2.31. The van der Waals surface area contributed by atoms with Crippen molar-refractivity contribution in [3.63, 3.8) is 0 Å². The summed E-state index contributed by atoms with van der Waals surface area (Å²) in [6.07, 6.45) is 1.81. The normalized spacial score (nSPS) is 10.1. The third-order valence-electron chi connectivity index (χ3n) is 1.82. The predicted octanol–water partition coefficient (Wildman–Crippen LogP) is 3.21. The summed E-state index contributed by atoms with van der Waals surface area (Å²) in [5.74, 6) is 0.903. The van der Waals surface area contributed by atoms with E-state index in [1.165, 1.54) is 0 Å². The number of benzene rings is 1. The van der Waals surface area contributed by atoms with Crippen molar-refractivity contribution in [1.29, 1.82) is 0 Å². The van der Waals surface area contributed by atoms with Gasteiger partial charge in [0.25, 0.3) is 0 Å². The fraction of sp³-hybridized carbons (Fsp3) is 0.182. The first-order chi connectivity index (χ1) is 6.90. The number of ether oxygens (including phenoxy) is 1. The van der Waals surface area contributed by atoms with Crippen LogP contribution in [-0.2, 0) is 0 Å². The van der Waals surface area contributed by atoms with Crippen LogP contribution in [-0.4, -0.2) is 11.6 Å². The summed E-state index contributed by atoms with van der Waals surface area (Å²) in [5, 5.41) is 3.01. The van der Waals surface area contributed by atoms with E-state index in [9.17, 15) is 0 Å². The summed E-state index contributed by atoms with van der Waals surface area (Å²) in [6.45, 7) is 2.68. The van der Waals surface area contributed by atoms with Gasteiger partial charge in [0, 0.05) is 17.1 Å². The minimum absolute atomic E-state index is 0.696. The Labute approximate surface area is 87.2 Å². The molecule has 0 aliphatic heterocycles. The molecule has 2 rings (SSSR count). The highest BCUT2D eigenvalue weighted by Gasteiger charge is 2.01. The van der Waals surface area contributed by atoms with Crippen molar-refractivity contribution in [1.82, 2.24) is 4.98 Å². The maximum absolute atomic E-state index is 5.42. The van der Waals surface area contributed by atoms with Crippen molar-refractivity contribution in [3.8, 4) is 16.3 Å². The highest BCUT2D eigenvalue weighted by Crippen LogP contribution is 2.25. The molecule has 72 valence electrons. The van der Waals surface area contributed by atoms with Crippen molar-refractivity contribution in [2.45, 2.75) is 6.92 Å². The van der Waals surface area contributed by atoms with E-state index in [0.717, 1.165) is 16.3 Å². The smallest absolute Gasteiger partial charge is 0.123 e. The molecule has 1 aromatic heterocycles. The van der Waals surface area contributed by atoms with Crippen molar-refractivity contribution in [2.75, 3.05) is 6.61 Å². The van der Waals surface area contributed by atoms with Crippen LogP contribution in [0.1, 0.15) is 6.92 Å². The Morgan fingerprint density at radius 3 is 3.07 bits per heavy atom. The Morgan fingerprint density at radius 2 is 2.36 bits per heavy atom. The van der Waals surface area contributed by atoms with Gasteiger partial charge in [-0.15, -0.1) is 11.3 Å². The molecule has 0 amide bonds. The number of nitrogens with zero attached hydrogens (tertiary/aromatic N) is 1. The van der Waals surface area contributed by atoms with E-state index in [0.29, 0.717) is 6.61 Å². The van der Waals surface area contributed by atoms with Crippen LogP contribution in [0.4, 0.5) is 0 Å². The standard InChI is InChI=1S/C11H11NOS/c1-2-13-10-5-3-4-9(8-10)11-12-6-7-14-11/h3-8H,2H2,1H3. The SMILES string of the molecule is CCOc1cccc(-c2nccs2)c1. The third-order valence-corrected chi connectivity index (χ3v) is 2.65. The summed E-state index contributed by atoms with van der Waals surface area (Å²) in [4.78, 5) is 4.25. The number of rotatable bonds is 3. The van der Waals surface area contributed by atoms with Crippen LogP contribution in [0.2, 0.25) is 0 Å². The van der Waals surface area contributed by atoms with Gasteiger partial charge in [-0.25, -0.2) is 4.98 Å². The van der Waals surface area contributed by atoms with Crippen LogP contribution in [0.25, 0.3) is 10.6 Å². The second-order valence-electron chi connectivity index (χ2n) is 2.80. The largest absolute Gasteiger partial charge is 0.494 e. The topological polar surface area (TPSA) is 22.1 Å². The molecule has 0 unspecified atom stereocenters. The Bertz CT molecular complexity index is 397. The highest BCUT2D eigenvalue weighted by atomic mass is 32.1. The van der Waals surface area contributed by atoms with Crippen LogP contribution < -0.4 is 4.74 Å². The molecule has 3 heteroatoms. The number of thiazole rings is 1. The van der Waals surface area contributed by atoms with Crippen LogP contribution in [0.15, 0.2) is 35.8 Å². The van der Waals surface area contributed by atoms with E-state index >= 15 is 0 Å². The molecule has 0 N–H and O–H groups in total. The number of aromatic nitrogens is 1. The van der Waals surface area contributed by atoms with Gasteiger partial charge in [-0.3, -0.25) is 0 Å². The summed E-state index contributed by atoms with van der Waals surface area (Å²) in [6, 6.07) is 8.01. The molecule has 14 heavy (non-hydrogen) atoms. The zero-order valence-electron chi connectivity index (χ0n) is 7.93. The van der Waals surface area contributed by atoms with Crippen molar-refractivity contribution in [2.24, 2.45) is 0 Å². The molecule has 0 saturated heterocycles. The molecule has 0 radical (unpaired) electrons. The Morgan fingerprint density at radius 1 is 1.43 bits per heavy atom. The molecule has 0 fully saturated rings. The minimum atomic E-state index is 0.696. The average molecular weight is 205 g/mol. The van der Waals surface area contributed by atoms with Crippen molar-refractivity contribution < 1.29 is 4.74 Å². The summed E-state index contributed by atoms with van der Waals surface area (Å²) < 4.78 is 5.42. The van der Waals surface area contributed by atoms with Gasteiger partial charge in [-0.05, 0) is 19.1 Å². The first kappa shape index (κ1) is 9.21. The van der Waals surface area contributed by atoms with Gasteiger partial charge in [-0.1, -0.05) is 12.1 Å². The van der Waals surface area contributed by atoms with Crippen LogP contribution in [0.3, 0.4) is 0 Å². The lowest BCUT2D eigenvalue weighted by atomic mass is 10.2. The predicted molar refractivity (Wildman–Crippen MR) is 58.7 cm³/mol. The minimum Gasteiger partial charge on any atom is -0.494 e. The van der Waals surface area contributed by atoms with Gasteiger partial charge >= 0.3 is 0 Å². The van der Waals surface area contributed by atoms with Gasteiger partial charge in [0.1, 0.15) is 10.8 Å². The number of hydrogen-bond donors (Lipinski definition) is 0. The molecule has 1 heterocycles. The van der Waals surface area contributed by atoms with Gasteiger partial charge < -0.3 is 4.74 Å². The second kappa shape index (κ2) is 4.24. The summed E-state index contributed by atoms with van der Waals surface area (Å²) in [5.41, 5.74) is 1.12. The second-order valence-corrected chi connectivity index (χ2v) is 3.69. The fourth-order valence-corrected chi connectivity index (χ4v) is 1.89. The quantitative estimate of drug-likeness (QED) is 0.767. The molecule has 2 nitrogen and oxygen atoms in total. The van der Waals surface area contributed by atoms with Crippen LogP contribution >= 0.6 is 11.3 Å². The molecule has 0 spiro atoms. The number of hydrogen-bond acceptors (Lipinski definition) is 3. The van der Waals surface area contributed by atoms with Crippen LogP contribution in [0.5, 0.6) is 5.75 Å².